The quantitative estimate of drug-likeness (QED) is 0.514. The van der Waals surface area contributed by atoms with Gasteiger partial charge in [-0.15, -0.1) is 0 Å². The standard InChI is InChI=1S/C5H13Si.C4H9.Y/c1-4-5-6(2)3;1-4(2)3;/h4-5H2,1-3H3;1-3H3;/q;-1;. The van der Waals surface area contributed by atoms with Gasteiger partial charge in [0, 0.05) is 41.5 Å². The fraction of sp³-hybridized carbons (Fsp3) is 0.889. The molecular weight excluding hydrogens is 225 g/mol. The molecule has 0 fully saturated rings. The van der Waals surface area contributed by atoms with E-state index in [1.165, 1.54) is 18.4 Å². The zero-order valence-electron chi connectivity index (χ0n) is 8.99. The molecule has 2 radical (unpaired) electrons. The Labute approximate surface area is 100 Å². The second-order valence-corrected chi connectivity index (χ2v) is 6.37. The van der Waals surface area contributed by atoms with Gasteiger partial charge < -0.3 is 5.92 Å². The van der Waals surface area contributed by atoms with Gasteiger partial charge in [0.2, 0.25) is 0 Å². The Hall–Kier alpha value is 1.32. The Morgan fingerprint density at radius 3 is 1.36 bits per heavy atom. The van der Waals surface area contributed by atoms with E-state index >= 15 is 0 Å². The van der Waals surface area contributed by atoms with Crippen molar-refractivity contribution in [3.05, 3.63) is 5.92 Å². The molecule has 0 aromatic heterocycles. The van der Waals surface area contributed by atoms with Gasteiger partial charge in [-0.1, -0.05) is 32.5 Å². The summed E-state index contributed by atoms with van der Waals surface area (Å²) < 4.78 is 0. The molecule has 0 heterocycles. The Balaban J connectivity index is -0.000000114. The number of hydrogen-bond acceptors (Lipinski definition) is 0. The predicted molar refractivity (Wildman–Crippen MR) is 52.8 cm³/mol. The summed E-state index contributed by atoms with van der Waals surface area (Å²) in [4.78, 5) is 0. The van der Waals surface area contributed by atoms with E-state index in [4.69, 9.17) is 0 Å². The van der Waals surface area contributed by atoms with E-state index in [9.17, 15) is 0 Å². The molecule has 0 atom stereocenters. The molecule has 0 aliphatic rings. The molecule has 66 valence electrons. The van der Waals surface area contributed by atoms with Crippen LogP contribution in [0, 0.1) is 5.92 Å². The number of hydrogen-bond donors (Lipinski definition) is 0. The summed E-state index contributed by atoms with van der Waals surface area (Å²) >= 11 is 0. The van der Waals surface area contributed by atoms with Crippen LogP contribution in [0.4, 0.5) is 0 Å². The third-order valence-corrected chi connectivity index (χ3v) is 2.25. The average Bonchev–Trinajstić information content (AvgIpc) is 1.62. The third-order valence-electron chi connectivity index (χ3n) is 0.750. The van der Waals surface area contributed by atoms with Gasteiger partial charge in [-0.05, 0) is 0 Å². The first kappa shape index (κ1) is 18.2. The van der Waals surface area contributed by atoms with Gasteiger partial charge >= 0.3 is 0 Å². The molecule has 0 saturated heterocycles. The van der Waals surface area contributed by atoms with E-state index in [0.717, 1.165) is 0 Å². The minimum atomic E-state index is 0. The second kappa shape index (κ2) is 13.9. The molecule has 0 N–H and O–H groups in total. The molecule has 0 aromatic rings. The van der Waals surface area contributed by atoms with Gasteiger partial charge in [0.15, 0.2) is 0 Å². The molecule has 0 unspecified atom stereocenters. The van der Waals surface area contributed by atoms with Gasteiger partial charge in [-0.3, -0.25) is 0 Å². The molecule has 0 spiro atoms. The van der Waals surface area contributed by atoms with Crippen LogP contribution in [0.25, 0.3) is 0 Å². The Morgan fingerprint density at radius 2 is 1.36 bits per heavy atom. The first-order chi connectivity index (χ1) is 4.50. The second-order valence-electron chi connectivity index (χ2n) is 3.46. The summed E-state index contributed by atoms with van der Waals surface area (Å²) in [7, 11) is 0.114. The molecule has 0 rings (SSSR count). The molecule has 11 heavy (non-hydrogen) atoms. The van der Waals surface area contributed by atoms with Crippen molar-refractivity contribution in [2.45, 2.75) is 53.3 Å². The summed E-state index contributed by atoms with van der Waals surface area (Å²) in [5, 5.41) is 0. The van der Waals surface area contributed by atoms with Gasteiger partial charge in [-0.25, -0.2) is 0 Å². The minimum absolute atomic E-state index is 0. The first-order valence-electron chi connectivity index (χ1n) is 4.06. The van der Waals surface area contributed by atoms with Crippen molar-refractivity contribution in [1.82, 2.24) is 0 Å². The summed E-state index contributed by atoms with van der Waals surface area (Å²) in [5.41, 5.74) is 0. The number of rotatable bonds is 2. The van der Waals surface area contributed by atoms with Crippen LogP contribution in [-0.4, -0.2) is 8.80 Å². The van der Waals surface area contributed by atoms with Crippen LogP contribution in [0.3, 0.4) is 0 Å². The molecule has 2 heteroatoms. The van der Waals surface area contributed by atoms with Gasteiger partial charge in [0.25, 0.3) is 0 Å². The first-order valence-corrected chi connectivity index (χ1v) is 6.77. The van der Waals surface area contributed by atoms with E-state index in [-0.39, 0.29) is 41.5 Å². The van der Waals surface area contributed by atoms with Crippen molar-refractivity contribution in [1.29, 1.82) is 0 Å². The van der Waals surface area contributed by atoms with Crippen molar-refractivity contribution in [3.63, 3.8) is 0 Å². The fourth-order valence-electron chi connectivity index (χ4n) is 0.500. The van der Waals surface area contributed by atoms with Crippen molar-refractivity contribution in [2.24, 2.45) is 0 Å². The summed E-state index contributed by atoms with van der Waals surface area (Å²) in [6.45, 7) is 13.2. The molecular formula is C9H22SiY-. The third kappa shape index (κ3) is 52.7. The Kier molecular flexibility index (Phi) is 22.9. The molecule has 0 amide bonds. The average molecular weight is 247 g/mol. The van der Waals surface area contributed by atoms with Crippen molar-refractivity contribution < 1.29 is 32.7 Å². The van der Waals surface area contributed by atoms with Crippen LogP contribution in [0.1, 0.15) is 34.1 Å². The zero-order chi connectivity index (χ0) is 8.57. The van der Waals surface area contributed by atoms with E-state index in [1.807, 2.05) is 0 Å². The molecule has 0 aliphatic heterocycles. The van der Waals surface area contributed by atoms with Gasteiger partial charge in [0.05, 0.1) is 0 Å². The largest absolute Gasteiger partial charge is 0.323 e. The summed E-state index contributed by atoms with van der Waals surface area (Å²) in [5.74, 6) is 1.42. The van der Waals surface area contributed by atoms with E-state index < -0.39 is 0 Å². The normalized spacial score (nSPS) is 8.73. The summed E-state index contributed by atoms with van der Waals surface area (Å²) in [6.07, 6.45) is 1.38. The maximum Gasteiger partial charge on any atom is 0.0412 e. The van der Waals surface area contributed by atoms with Gasteiger partial charge in [-0.2, -0.15) is 20.8 Å². The molecule has 0 aliphatic carbocycles. The molecule has 0 bridgehead atoms. The van der Waals surface area contributed by atoms with E-state index in [2.05, 4.69) is 40.8 Å². The van der Waals surface area contributed by atoms with E-state index in [1.54, 1.807) is 0 Å². The van der Waals surface area contributed by atoms with Crippen LogP contribution in [-0.2, 0) is 32.7 Å². The maximum absolute atomic E-state index is 2.36. The Morgan fingerprint density at radius 1 is 1.09 bits per heavy atom. The minimum Gasteiger partial charge on any atom is -0.323 e. The predicted octanol–water partition coefficient (Wildman–Crippen LogP) is 3.77. The summed E-state index contributed by atoms with van der Waals surface area (Å²) in [6, 6.07) is 1.48. The van der Waals surface area contributed by atoms with Crippen LogP contribution in [0.2, 0.25) is 19.1 Å². The molecule has 0 aromatic carbocycles. The van der Waals surface area contributed by atoms with Crippen LogP contribution >= 0.6 is 0 Å². The monoisotopic (exact) mass is 247 g/mol. The Bertz CT molecular complexity index is 50.8. The van der Waals surface area contributed by atoms with Crippen molar-refractivity contribution in [3.8, 4) is 0 Å². The van der Waals surface area contributed by atoms with Crippen molar-refractivity contribution >= 4 is 8.80 Å². The molecule has 0 saturated carbocycles. The van der Waals surface area contributed by atoms with Crippen molar-refractivity contribution in [2.75, 3.05) is 0 Å². The van der Waals surface area contributed by atoms with Crippen LogP contribution < -0.4 is 0 Å². The van der Waals surface area contributed by atoms with E-state index in [0.29, 0.717) is 0 Å². The van der Waals surface area contributed by atoms with Gasteiger partial charge in [0.1, 0.15) is 0 Å². The fourth-order valence-corrected chi connectivity index (χ4v) is 1.50. The van der Waals surface area contributed by atoms with Crippen LogP contribution in [0.15, 0.2) is 0 Å². The maximum atomic E-state index is 2.36. The smallest absolute Gasteiger partial charge is 0.0412 e. The topological polar surface area (TPSA) is 0 Å². The molecule has 0 nitrogen and oxygen atoms in total. The van der Waals surface area contributed by atoms with Crippen LogP contribution in [0.5, 0.6) is 0 Å². The zero-order valence-corrected chi connectivity index (χ0v) is 12.8. The SMILES string of the molecule is CCC[Si](C)C.C[C-](C)C.[Y].